The molecule has 122 valence electrons. The number of nitrogens with zero attached hydrogens (tertiary/aromatic N) is 3. The Kier molecular flexibility index (Phi) is 4.62. The number of piperazine rings is 1. The predicted octanol–water partition coefficient (Wildman–Crippen LogP) is 1.82. The number of para-hydroxylation sites is 1. The van der Waals surface area contributed by atoms with Crippen molar-refractivity contribution in [3.8, 4) is 5.75 Å². The molecule has 1 aromatic heterocycles. The lowest BCUT2D eigenvalue weighted by Gasteiger charge is -2.41. The summed E-state index contributed by atoms with van der Waals surface area (Å²) in [4.78, 5) is 23.5. The fourth-order valence-corrected chi connectivity index (χ4v) is 3.18. The van der Waals surface area contributed by atoms with Gasteiger partial charge in [-0.1, -0.05) is 18.2 Å². The Bertz CT molecular complexity index is 656. The predicted molar refractivity (Wildman–Crippen MR) is 87.0 cm³/mol. The van der Waals surface area contributed by atoms with Gasteiger partial charge in [-0.2, -0.15) is 0 Å². The summed E-state index contributed by atoms with van der Waals surface area (Å²) in [6, 6.07) is 7.93. The number of aromatic nitrogens is 2. The molecule has 0 aliphatic carbocycles. The first kappa shape index (κ1) is 15.6. The number of rotatable bonds is 4. The third kappa shape index (κ3) is 3.37. The van der Waals surface area contributed by atoms with Crippen molar-refractivity contribution in [1.29, 1.82) is 0 Å². The average molecular weight is 314 g/mol. The molecule has 0 radical (unpaired) electrons. The molecule has 23 heavy (non-hydrogen) atoms. The number of nitrogens with one attached hydrogen (secondary N) is 1. The molecule has 6 heteroatoms. The van der Waals surface area contributed by atoms with Crippen molar-refractivity contribution in [1.82, 2.24) is 19.8 Å². The highest BCUT2D eigenvalue weighted by Gasteiger charge is 2.31. The summed E-state index contributed by atoms with van der Waals surface area (Å²) in [6.07, 6.45) is 3.54. The van der Waals surface area contributed by atoms with Crippen LogP contribution in [0.2, 0.25) is 0 Å². The molecule has 1 aromatic carbocycles. The second kappa shape index (κ2) is 6.83. The molecule has 1 fully saturated rings. The monoisotopic (exact) mass is 314 g/mol. The van der Waals surface area contributed by atoms with E-state index in [-0.39, 0.29) is 11.9 Å². The molecule has 3 rings (SSSR count). The quantitative estimate of drug-likeness (QED) is 0.935. The van der Waals surface area contributed by atoms with Crippen molar-refractivity contribution in [2.24, 2.45) is 0 Å². The van der Waals surface area contributed by atoms with Crippen LogP contribution in [0.5, 0.6) is 5.75 Å². The molecule has 0 bridgehead atoms. The standard InChI is InChI=1S/C17H22N4O2/c1-13(22)21-8-7-20(10-14-9-18-12-19-14)11-16(21)15-5-3-4-6-17(15)23-2/h3-6,9,12,16H,7-8,10-11H2,1-2H3,(H,18,19). The minimum Gasteiger partial charge on any atom is -0.496 e. The van der Waals surface area contributed by atoms with Crippen LogP contribution in [0.25, 0.3) is 0 Å². The SMILES string of the molecule is COc1ccccc1C1CN(Cc2cnc[nH]2)CCN1C(C)=O. The molecule has 6 nitrogen and oxygen atoms in total. The average Bonchev–Trinajstić information content (AvgIpc) is 3.07. The molecule has 0 spiro atoms. The highest BCUT2D eigenvalue weighted by molar-refractivity contribution is 5.74. The maximum Gasteiger partial charge on any atom is 0.220 e. The number of hydrogen-bond donors (Lipinski definition) is 1. The Hall–Kier alpha value is -2.34. The van der Waals surface area contributed by atoms with Gasteiger partial charge in [0.25, 0.3) is 0 Å². The molecule has 1 amide bonds. The Morgan fingerprint density at radius 1 is 1.39 bits per heavy atom. The van der Waals surface area contributed by atoms with E-state index in [1.54, 1.807) is 20.4 Å². The first-order valence-electron chi connectivity index (χ1n) is 7.78. The van der Waals surface area contributed by atoms with E-state index in [1.807, 2.05) is 35.4 Å². The first-order chi connectivity index (χ1) is 11.2. The third-order valence-electron chi connectivity index (χ3n) is 4.32. The van der Waals surface area contributed by atoms with Gasteiger partial charge in [0, 0.05) is 50.6 Å². The molecule has 2 heterocycles. The van der Waals surface area contributed by atoms with Gasteiger partial charge < -0.3 is 14.6 Å². The van der Waals surface area contributed by atoms with Crippen LogP contribution in [0.15, 0.2) is 36.8 Å². The van der Waals surface area contributed by atoms with Gasteiger partial charge in [-0.05, 0) is 6.07 Å². The third-order valence-corrected chi connectivity index (χ3v) is 4.32. The van der Waals surface area contributed by atoms with E-state index in [2.05, 4.69) is 14.9 Å². The first-order valence-corrected chi connectivity index (χ1v) is 7.78. The van der Waals surface area contributed by atoms with E-state index in [0.717, 1.165) is 36.6 Å². The second-order valence-electron chi connectivity index (χ2n) is 5.78. The van der Waals surface area contributed by atoms with Crippen LogP contribution in [0.3, 0.4) is 0 Å². The number of methoxy groups -OCH3 is 1. The topological polar surface area (TPSA) is 61.5 Å². The van der Waals surface area contributed by atoms with Gasteiger partial charge in [-0.15, -0.1) is 0 Å². The molecular weight excluding hydrogens is 292 g/mol. The lowest BCUT2D eigenvalue weighted by Crippen LogP contribution is -2.49. The number of hydrogen-bond acceptors (Lipinski definition) is 4. The Balaban J connectivity index is 1.84. The van der Waals surface area contributed by atoms with Crippen LogP contribution in [0.1, 0.15) is 24.2 Å². The molecule has 2 aromatic rings. The number of carbonyl (C=O) groups excluding carboxylic acids is 1. The number of H-pyrrole nitrogens is 1. The highest BCUT2D eigenvalue weighted by Crippen LogP contribution is 2.32. The fourth-order valence-electron chi connectivity index (χ4n) is 3.18. The van der Waals surface area contributed by atoms with E-state index in [9.17, 15) is 4.79 Å². The van der Waals surface area contributed by atoms with E-state index in [1.165, 1.54) is 0 Å². The Morgan fingerprint density at radius 2 is 2.22 bits per heavy atom. The van der Waals surface area contributed by atoms with Crippen molar-refractivity contribution in [3.63, 3.8) is 0 Å². The molecule has 1 aliphatic rings. The minimum atomic E-state index is 0.000298. The largest absolute Gasteiger partial charge is 0.496 e. The smallest absolute Gasteiger partial charge is 0.220 e. The van der Waals surface area contributed by atoms with Crippen LogP contribution in [0.4, 0.5) is 0 Å². The molecule has 1 saturated heterocycles. The van der Waals surface area contributed by atoms with Crippen molar-refractivity contribution >= 4 is 5.91 Å². The highest BCUT2D eigenvalue weighted by atomic mass is 16.5. The zero-order valence-corrected chi connectivity index (χ0v) is 13.5. The van der Waals surface area contributed by atoms with E-state index in [0.29, 0.717) is 6.54 Å². The molecular formula is C17H22N4O2. The van der Waals surface area contributed by atoms with Gasteiger partial charge in [0.1, 0.15) is 5.75 Å². The summed E-state index contributed by atoms with van der Waals surface area (Å²) in [6.45, 7) is 4.78. The zero-order chi connectivity index (χ0) is 16.2. The van der Waals surface area contributed by atoms with E-state index >= 15 is 0 Å². The van der Waals surface area contributed by atoms with Crippen molar-refractivity contribution < 1.29 is 9.53 Å². The summed E-state index contributed by atoms with van der Waals surface area (Å²) < 4.78 is 5.50. The lowest BCUT2D eigenvalue weighted by atomic mass is 10.0. The molecule has 1 atom stereocenters. The molecule has 1 aliphatic heterocycles. The Labute approximate surface area is 136 Å². The zero-order valence-electron chi connectivity index (χ0n) is 13.5. The maximum atomic E-state index is 12.1. The lowest BCUT2D eigenvalue weighted by molar-refractivity contribution is -0.134. The maximum absolute atomic E-state index is 12.1. The van der Waals surface area contributed by atoms with Crippen molar-refractivity contribution in [2.75, 3.05) is 26.7 Å². The molecule has 1 unspecified atom stereocenters. The number of benzene rings is 1. The Morgan fingerprint density at radius 3 is 2.91 bits per heavy atom. The van der Waals surface area contributed by atoms with Crippen molar-refractivity contribution in [3.05, 3.63) is 48.0 Å². The van der Waals surface area contributed by atoms with Gasteiger partial charge in [0.05, 0.1) is 19.5 Å². The van der Waals surface area contributed by atoms with Crippen LogP contribution in [0, 0.1) is 0 Å². The summed E-state index contributed by atoms with van der Waals surface area (Å²) in [5, 5.41) is 0. The van der Waals surface area contributed by atoms with Gasteiger partial charge in [-0.25, -0.2) is 4.98 Å². The van der Waals surface area contributed by atoms with Crippen LogP contribution in [-0.2, 0) is 11.3 Å². The van der Waals surface area contributed by atoms with Crippen LogP contribution in [-0.4, -0.2) is 52.4 Å². The summed E-state index contributed by atoms with van der Waals surface area (Å²) >= 11 is 0. The van der Waals surface area contributed by atoms with Crippen LogP contribution < -0.4 is 4.74 Å². The number of imidazole rings is 1. The van der Waals surface area contributed by atoms with E-state index < -0.39 is 0 Å². The van der Waals surface area contributed by atoms with Gasteiger partial charge in [-0.3, -0.25) is 9.69 Å². The fraction of sp³-hybridized carbons (Fsp3) is 0.412. The summed E-state index contributed by atoms with van der Waals surface area (Å²) in [5.74, 6) is 0.925. The van der Waals surface area contributed by atoms with Crippen molar-refractivity contribution in [2.45, 2.75) is 19.5 Å². The summed E-state index contributed by atoms with van der Waals surface area (Å²) in [5.41, 5.74) is 2.14. The van der Waals surface area contributed by atoms with Gasteiger partial charge in [0.2, 0.25) is 5.91 Å². The van der Waals surface area contributed by atoms with Crippen LogP contribution >= 0.6 is 0 Å². The normalized spacial score (nSPS) is 18.9. The number of carbonyl (C=O) groups is 1. The number of amides is 1. The van der Waals surface area contributed by atoms with Gasteiger partial charge in [0.15, 0.2) is 0 Å². The second-order valence-corrected chi connectivity index (χ2v) is 5.78. The summed E-state index contributed by atoms with van der Waals surface area (Å²) in [7, 11) is 1.67. The van der Waals surface area contributed by atoms with Gasteiger partial charge >= 0.3 is 0 Å². The number of ether oxygens (including phenoxy) is 1. The number of aromatic amines is 1. The minimum absolute atomic E-state index is 0.000298. The molecule has 1 N–H and O–H groups in total. The van der Waals surface area contributed by atoms with E-state index in [4.69, 9.17) is 4.74 Å². The molecule has 0 saturated carbocycles.